The van der Waals surface area contributed by atoms with Gasteiger partial charge >= 0.3 is 0 Å². The molecule has 2 heteroatoms. The highest BCUT2D eigenvalue weighted by molar-refractivity contribution is 6.09. The van der Waals surface area contributed by atoms with E-state index in [1.807, 2.05) is 42.6 Å². The molecule has 21 heavy (non-hydrogen) atoms. The van der Waals surface area contributed by atoms with Crippen LogP contribution in [-0.4, -0.2) is 4.98 Å². The van der Waals surface area contributed by atoms with E-state index in [0.717, 1.165) is 39.6 Å². The third-order valence-electron chi connectivity index (χ3n) is 3.94. The first-order chi connectivity index (χ1) is 10.4. The lowest BCUT2D eigenvalue weighted by atomic mass is 9.98. The molecule has 2 aromatic heterocycles. The minimum absolute atomic E-state index is 0.929. The normalized spacial score (nSPS) is 11.3. The van der Waals surface area contributed by atoms with Gasteiger partial charge in [0, 0.05) is 22.5 Å². The number of pyridine rings is 1. The zero-order chi connectivity index (χ0) is 14.2. The molecule has 0 amide bonds. The van der Waals surface area contributed by atoms with Crippen LogP contribution in [0.2, 0.25) is 0 Å². The SMILES string of the molecule is CCc1ccc2c(oc3ccccc32)c1-c1ccccn1. The molecule has 0 radical (unpaired) electrons. The molecular weight excluding hydrogens is 258 g/mol. The zero-order valence-corrected chi connectivity index (χ0v) is 11.8. The van der Waals surface area contributed by atoms with Crippen LogP contribution in [0.3, 0.4) is 0 Å². The number of fused-ring (bicyclic) bond motifs is 3. The lowest BCUT2D eigenvalue weighted by Gasteiger charge is -2.07. The Hall–Kier alpha value is -2.61. The Morgan fingerprint density at radius 3 is 2.57 bits per heavy atom. The smallest absolute Gasteiger partial charge is 0.145 e. The summed E-state index contributed by atoms with van der Waals surface area (Å²) >= 11 is 0. The third-order valence-corrected chi connectivity index (χ3v) is 3.94. The van der Waals surface area contributed by atoms with Crippen molar-refractivity contribution in [1.82, 2.24) is 4.98 Å². The van der Waals surface area contributed by atoms with Gasteiger partial charge in [0.1, 0.15) is 11.2 Å². The molecule has 0 N–H and O–H groups in total. The van der Waals surface area contributed by atoms with Crippen LogP contribution in [0.4, 0.5) is 0 Å². The molecule has 0 spiro atoms. The Labute approximate surface area is 123 Å². The van der Waals surface area contributed by atoms with Crippen molar-refractivity contribution >= 4 is 21.9 Å². The van der Waals surface area contributed by atoms with Crippen LogP contribution in [0.25, 0.3) is 33.2 Å². The summed E-state index contributed by atoms with van der Waals surface area (Å²) in [4.78, 5) is 4.52. The first-order valence-corrected chi connectivity index (χ1v) is 7.23. The molecule has 0 unspecified atom stereocenters. The maximum absolute atomic E-state index is 6.14. The first-order valence-electron chi connectivity index (χ1n) is 7.23. The lowest BCUT2D eigenvalue weighted by Crippen LogP contribution is -1.90. The molecule has 102 valence electrons. The van der Waals surface area contributed by atoms with Gasteiger partial charge in [0.05, 0.1) is 5.69 Å². The number of aromatic nitrogens is 1. The Morgan fingerprint density at radius 1 is 0.905 bits per heavy atom. The van der Waals surface area contributed by atoms with Gasteiger partial charge in [-0.05, 0) is 30.2 Å². The third kappa shape index (κ3) is 1.83. The van der Waals surface area contributed by atoms with Gasteiger partial charge in [-0.1, -0.05) is 43.3 Å². The molecule has 0 saturated carbocycles. The van der Waals surface area contributed by atoms with E-state index < -0.39 is 0 Å². The Morgan fingerprint density at radius 2 is 1.76 bits per heavy atom. The maximum atomic E-state index is 6.14. The minimum Gasteiger partial charge on any atom is -0.455 e. The fourth-order valence-corrected chi connectivity index (χ4v) is 2.92. The first kappa shape index (κ1) is 12.2. The van der Waals surface area contributed by atoms with Gasteiger partial charge in [0.15, 0.2) is 0 Å². The van der Waals surface area contributed by atoms with Crippen molar-refractivity contribution < 1.29 is 4.42 Å². The zero-order valence-electron chi connectivity index (χ0n) is 11.8. The van der Waals surface area contributed by atoms with Gasteiger partial charge in [0.25, 0.3) is 0 Å². The lowest BCUT2D eigenvalue weighted by molar-refractivity contribution is 0.669. The number of hydrogen-bond acceptors (Lipinski definition) is 2. The van der Waals surface area contributed by atoms with Crippen LogP contribution in [0.1, 0.15) is 12.5 Å². The summed E-state index contributed by atoms with van der Waals surface area (Å²) in [6, 6.07) is 18.5. The quantitative estimate of drug-likeness (QED) is 0.501. The van der Waals surface area contributed by atoms with Gasteiger partial charge in [-0.3, -0.25) is 4.98 Å². The monoisotopic (exact) mass is 273 g/mol. The molecule has 0 fully saturated rings. The predicted octanol–water partition coefficient (Wildman–Crippen LogP) is 5.21. The molecule has 0 bridgehead atoms. The van der Waals surface area contributed by atoms with Crippen molar-refractivity contribution in [2.24, 2.45) is 0 Å². The van der Waals surface area contributed by atoms with E-state index in [-0.39, 0.29) is 0 Å². The van der Waals surface area contributed by atoms with E-state index in [1.165, 1.54) is 5.56 Å². The Balaban J connectivity index is 2.16. The van der Waals surface area contributed by atoms with Gasteiger partial charge in [0.2, 0.25) is 0 Å². The van der Waals surface area contributed by atoms with Crippen molar-refractivity contribution in [2.75, 3.05) is 0 Å². The fraction of sp³-hybridized carbons (Fsp3) is 0.105. The van der Waals surface area contributed by atoms with Crippen molar-refractivity contribution in [1.29, 1.82) is 0 Å². The van der Waals surface area contributed by atoms with Crippen LogP contribution >= 0.6 is 0 Å². The summed E-state index contributed by atoms with van der Waals surface area (Å²) in [6.45, 7) is 2.16. The molecule has 0 aliphatic rings. The molecule has 0 saturated heterocycles. The molecular formula is C19H15NO. The molecule has 0 atom stereocenters. The molecule has 2 nitrogen and oxygen atoms in total. The van der Waals surface area contributed by atoms with E-state index >= 15 is 0 Å². The second kappa shape index (κ2) is 4.74. The van der Waals surface area contributed by atoms with Gasteiger partial charge < -0.3 is 4.42 Å². The van der Waals surface area contributed by atoms with E-state index in [0.29, 0.717) is 0 Å². The molecule has 2 heterocycles. The number of para-hydroxylation sites is 1. The largest absolute Gasteiger partial charge is 0.455 e. The molecule has 4 aromatic rings. The Bertz CT molecular complexity index is 922. The standard InChI is InChI=1S/C19H15NO/c1-2-13-10-11-15-14-7-3-4-9-17(14)21-19(15)18(13)16-8-5-6-12-20-16/h3-12H,2H2,1H3. The van der Waals surface area contributed by atoms with E-state index in [4.69, 9.17) is 4.42 Å². The minimum atomic E-state index is 0.929. The van der Waals surface area contributed by atoms with Crippen LogP contribution in [-0.2, 0) is 6.42 Å². The number of furan rings is 1. The second-order valence-electron chi connectivity index (χ2n) is 5.14. The van der Waals surface area contributed by atoms with Crippen molar-refractivity contribution in [3.63, 3.8) is 0 Å². The van der Waals surface area contributed by atoms with E-state index in [2.05, 4.69) is 30.1 Å². The van der Waals surface area contributed by atoms with Crippen LogP contribution in [0, 0.1) is 0 Å². The number of hydrogen-bond donors (Lipinski definition) is 0. The average Bonchev–Trinajstić information content (AvgIpc) is 2.93. The topological polar surface area (TPSA) is 26.0 Å². The summed E-state index contributed by atoms with van der Waals surface area (Å²) < 4.78 is 6.14. The number of aryl methyl sites for hydroxylation is 1. The summed E-state index contributed by atoms with van der Waals surface area (Å²) in [6.07, 6.45) is 2.79. The van der Waals surface area contributed by atoms with Crippen LogP contribution in [0.5, 0.6) is 0 Å². The highest BCUT2D eigenvalue weighted by atomic mass is 16.3. The molecule has 0 aliphatic carbocycles. The Kier molecular flexibility index (Phi) is 2.74. The van der Waals surface area contributed by atoms with E-state index in [9.17, 15) is 0 Å². The van der Waals surface area contributed by atoms with Crippen molar-refractivity contribution in [2.45, 2.75) is 13.3 Å². The van der Waals surface area contributed by atoms with E-state index in [1.54, 1.807) is 0 Å². The van der Waals surface area contributed by atoms with Crippen LogP contribution < -0.4 is 0 Å². The van der Waals surface area contributed by atoms with Gasteiger partial charge in [-0.15, -0.1) is 0 Å². The highest BCUT2D eigenvalue weighted by Gasteiger charge is 2.15. The van der Waals surface area contributed by atoms with Crippen molar-refractivity contribution in [3.05, 3.63) is 66.4 Å². The summed E-state index contributed by atoms with van der Waals surface area (Å²) in [5, 5.41) is 2.32. The predicted molar refractivity (Wildman–Crippen MR) is 86.3 cm³/mol. The van der Waals surface area contributed by atoms with Gasteiger partial charge in [-0.25, -0.2) is 0 Å². The summed E-state index contributed by atoms with van der Waals surface area (Å²) in [5.41, 5.74) is 5.22. The molecule has 0 aliphatic heterocycles. The second-order valence-corrected chi connectivity index (χ2v) is 5.14. The maximum Gasteiger partial charge on any atom is 0.145 e. The van der Waals surface area contributed by atoms with Crippen molar-refractivity contribution in [3.8, 4) is 11.3 Å². The average molecular weight is 273 g/mol. The number of rotatable bonds is 2. The highest BCUT2D eigenvalue weighted by Crippen LogP contribution is 2.37. The summed E-state index contributed by atoms with van der Waals surface area (Å²) in [5.74, 6) is 0. The number of nitrogens with zero attached hydrogens (tertiary/aromatic N) is 1. The summed E-state index contributed by atoms with van der Waals surface area (Å²) in [7, 11) is 0. The van der Waals surface area contributed by atoms with Crippen LogP contribution in [0.15, 0.2) is 65.2 Å². The molecule has 2 aromatic carbocycles. The molecule has 4 rings (SSSR count). The fourth-order valence-electron chi connectivity index (χ4n) is 2.92. The number of benzene rings is 2. The van der Waals surface area contributed by atoms with Gasteiger partial charge in [-0.2, -0.15) is 0 Å².